The molecule has 28 heavy (non-hydrogen) atoms. The summed E-state index contributed by atoms with van der Waals surface area (Å²) < 4.78 is 14.9. The molecule has 0 amide bonds. The quantitative estimate of drug-likeness (QED) is 0.747. The van der Waals surface area contributed by atoms with Crippen molar-refractivity contribution in [3.8, 4) is 17.0 Å². The van der Waals surface area contributed by atoms with Crippen LogP contribution in [0, 0.1) is 11.8 Å². The number of hydrogen-bond donors (Lipinski definition) is 1. The highest BCUT2D eigenvalue weighted by Gasteiger charge is 2.44. The third-order valence-corrected chi connectivity index (χ3v) is 6.35. The molecule has 2 saturated carbocycles. The second kappa shape index (κ2) is 6.65. The van der Waals surface area contributed by atoms with E-state index in [4.69, 9.17) is 0 Å². The van der Waals surface area contributed by atoms with Gasteiger partial charge >= 0.3 is 0 Å². The molecule has 1 aromatic carbocycles. The van der Waals surface area contributed by atoms with Crippen LogP contribution in [0.5, 0.6) is 5.75 Å². The van der Waals surface area contributed by atoms with Crippen LogP contribution in [-0.2, 0) is 0 Å². The van der Waals surface area contributed by atoms with E-state index in [0.29, 0.717) is 34.0 Å². The van der Waals surface area contributed by atoms with Crippen molar-refractivity contribution in [3.63, 3.8) is 0 Å². The Morgan fingerprint density at radius 2 is 1.82 bits per heavy atom. The molecular formula is C21H22FN5O. The number of nitrogens with zero attached hydrogens (tertiary/aromatic N) is 5. The molecule has 4 atom stereocenters. The molecule has 2 aliphatic rings. The van der Waals surface area contributed by atoms with Crippen molar-refractivity contribution in [3.05, 3.63) is 36.7 Å². The standard InChI is InChI=1S/C21H22FN5O/c1-27(18-9-12-2-3-13(8-12)21(18)22)20-5-4-15(25-26-20)14-10-16-17(11-19(14)28)24-7-6-23-16/h4-7,10-13,18,21,28H,2-3,8-9H2,1H3/t12-,13+,18+,21-/m1/s1. The molecule has 0 aliphatic heterocycles. The molecule has 0 unspecified atom stereocenters. The second-order valence-electron chi connectivity index (χ2n) is 7.99. The lowest BCUT2D eigenvalue weighted by Crippen LogP contribution is -2.46. The van der Waals surface area contributed by atoms with Gasteiger partial charge in [0.2, 0.25) is 0 Å². The molecule has 0 radical (unpaired) electrons. The predicted molar refractivity (Wildman–Crippen MR) is 105 cm³/mol. The molecule has 5 rings (SSSR count). The Morgan fingerprint density at radius 1 is 1.04 bits per heavy atom. The summed E-state index contributed by atoms with van der Waals surface area (Å²) in [6, 6.07) is 6.83. The molecule has 0 spiro atoms. The number of benzene rings is 1. The fourth-order valence-corrected chi connectivity index (χ4v) is 4.81. The van der Waals surface area contributed by atoms with Crippen LogP contribution in [-0.4, -0.2) is 44.5 Å². The van der Waals surface area contributed by atoms with Gasteiger partial charge in [-0.15, -0.1) is 10.2 Å². The first-order valence-corrected chi connectivity index (χ1v) is 9.75. The fourth-order valence-electron chi connectivity index (χ4n) is 4.81. The van der Waals surface area contributed by atoms with Gasteiger partial charge in [-0.3, -0.25) is 9.97 Å². The number of alkyl halides is 1. The number of hydrogen-bond acceptors (Lipinski definition) is 6. The monoisotopic (exact) mass is 379 g/mol. The van der Waals surface area contributed by atoms with Crippen molar-refractivity contribution >= 4 is 16.9 Å². The van der Waals surface area contributed by atoms with Crippen molar-refractivity contribution in [2.45, 2.75) is 37.9 Å². The summed E-state index contributed by atoms with van der Waals surface area (Å²) in [4.78, 5) is 10.4. The third-order valence-electron chi connectivity index (χ3n) is 6.35. The minimum Gasteiger partial charge on any atom is -0.507 e. The first-order valence-electron chi connectivity index (χ1n) is 9.75. The van der Waals surface area contributed by atoms with Crippen molar-refractivity contribution < 1.29 is 9.50 Å². The van der Waals surface area contributed by atoms with Crippen LogP contribution in [0.2, 0.25) is 0 Å². The van der Waals surface area contributed by atoms with E-state index in [1.807, 2.05) is 18.0 Å². The number of fused-ring (bicyclic) bond motifs is 3. The fraction of sp³-hybridized carbons (Fsp3) is 0.429. The van der Waals surface area contributed by atoms with Gasteiger partial charge in [0, 0.05) is 31.1 Å². The Morgan fingerprint density at radius 3 is 2.57 bits per heavy atom. The smallest absolute Gasteiger partial charge is 0.151 e. The average molecular weight is 379 g/mol. The van der Waals surface area contributed by atoms with Gasteiger partial charge in [0.1, 0.15) is 11.9 Å². The number of aromatic nitrogens is 4. The summed E-state index contributed by atoms with van der Waals surface area (Å²) in [7, 11) is 1.90. The first kappa shape index (κ1) is 17.3. The van der Waals surface area contributed by atoms with Crippen molar-refractivity contribution in [2.24, 2.45) is 11.8 Å². The van der Waals surface area contributed by atoms with Gasteiger partial charge in [0.25, 0.3) is 0 Å². The molecule has 1 N–H and O–H groups in total. The summed E-state index contributed by atoms with van der Waals surface area (Å²) in [5, 5.41) is 19.0. The van der Waals surface area contributed by atoms with Crippen LogP contribution >= 0.6 is 0 Å². The summed E-state index contributed by atoms with van der Waals surface area (Å²) in [6.45, 7) is 0. The van der Waals surface area contributed by atoms with E-state index < -0.39 is 6.17 Å². The Kier molecular flexibility index (Phi) is 4.10. The minimum atomic E-state index is -0.812. The Labute approximate surface area is 162 Å². The molecule has 2 aromatic heterocycles. The van der Waals surface area contributed by atoms with Gasteiger partial charge in [-0.1, -0.05) is 0 Å². The highest BCUT2D eigenvalue weighted by molar-refractivity contribution is 5.84. The van der Waals surface area contributed by atoms with Crippen molar-refractivity contribution in [1.29, 1.82) is 0 Å². The SMILES string of the molecule is CN(c1ccc(-c2cc3nccnc3cc2O)nn1)[C@H]1C[C@@H]2CC[C@@H](C2)[C@H]1F. The van der Waals surface area contributed by atoms with Gasteiger partial charge in [0.15, 0.2) is 5.82 Å². The van der Waals surface area contributed by atoms with E-state index in [9.17, 15) is 9.50 Å². The Balaban J connectivity index is 1.42. The number of rotatable bonds is 3. The first-order chi connectivity index (χ1) is 13.6. The van der Waals surface area contributed by atoms with Gasteiger partial charge in [-0.05, 0) is 55.7 Å². The maximum absolute atomic E-state index is 14.9. The van der Waals surface area contributed by atoms with E-state index in [0.717, 1.165) is 25.7 Å². The van der Waals surface area contributed by atoms with E-state index >= 15 is 0 Å². The molecule has 2 bridgehead atoms. The molecule has 144 valence electrons. The molecule has 2 heterocycles. The lowest BCUT2D eigenvalue weighted by molar-refractivity contribution is 0.144. The Bertz CT molecular complexity index is 1010. The van der Waals surface area contributed by atoms with Crippen LogP contribution in [0.15, 0.2) is 36.7 Å². The molecule has 3 aromatic rings. The zero-order valence-corrected chi connectivity index (χ0v) is 15.7. The van der Waals surface area contributed by atoms with Crippen LogP contribution < -0.4 is 4.90 Å². The van der Waals surface area contributed by atoms with Crippen LogP contribution in [0.1, 0.15) is 25.7 Å². The Hall–Kier alpha value is -2.83. The highest BCUT2D eigenvalue weighted by atomic mass is 19.1. The maximum Gasteiger partial charge on any atom is 0.151 e. The molecule has 0 saturated heterocycles. The molecule has 2 fully saturated rings. The zero-order valence-electron chi connectivity index (χ0n) is 15.7. The third kappa shape index (κ3) is 2.85. The zero-order chi connectivity index (χ0) is 19.3. The normalized spacial score (nSPS) is 26.5. The summed E-state index contributed by atoms with van der Waals surface area (Å²) >= 11 is 0. The number of halogens is 1. The summed E-state index contributed by atoms with van der Waals surface area (Å²) in [5.41, 5.74) is 2.39. The largest absolute Gasteiger partial charge is 0.507 e. The minimum absolute atomic E-state index is 0.0797. The van der Waals surface area contributed by atoms with Crippen LogP contribution in [0.4, 0.5) is 10.2 Å². The van der Waals surface area contributed by atoms with E-state index in [-0.39, 0.29) is 17.7 Å². The van der Waals surface area contributed by atoms with Gasteiger partial charge < -0.3 is 10.0 Å². The van der Waals surface area contributed by atoms with E-state index in [1.54, 1.807) is 30.6 Å². The predicted octanol–water partition coefficient (Wildman–Crippen LogP) is 3.76. The lowest BCUT2D eigenvalue weighted by Gasteiger charge is -2.38. The van der Waals surface area contributed by atoms with E-state index in [2.05, 4.69) is 20.2 Å². The number of aromatic hydroxyl groups is 1. The summed E-state index contributed by atoms with van der Waals surface area (Å²) in [6.07, 6.45) is 6.43. The highest BCUT2D eigenvalue weighted by Crippen LogP contribution is 2.45. The number of phenols is 1. The van der Waals surface area contributed by atoms with Gasteiger partial charge in [0.05, 0.1) is 22.8 Å². The molecular weight excluding hydrogens is 357 g/mol. The van der Waals surface area contributed by atoms with E-state index in [1.165, 1.54) is 0 Å². The molecule has 6 nitrogen and oxygen atoms in total. The number of anilines is 1. The summed E-state index contributed by atoms with van der Waals surface area (Å²) in [5.74, 6) is 1.55. The van der Waals surface area contributed by atoms with Gasteiger partial charge in [-0.25, -0.2) is 4.39 Å². The second-order valence-corrected chi connectivity index (χ2v) is 7.99. The van der Waals surface area contributed by atoms with Crippen LogP contribution in [0.3, 0.4) is 0 Å². The van der Waals surface area contributed by atoms with Gasteiger partial charge in [-0.2, -0.15) is 0 Å². The van der Waals surface area contributed by atoms with Crippen molar-refractivity contribution in [2.75, 3.05) is 11.9 Å². The van der Waals surface area contributed by atoms with Crippen LogP contribution in [0.25, 0.3) is 22.3 Å². The molecule has 2 aliphatic carbocycles. The average Bonchev–Trinajstić information content (AvgIpc) is 3.13. The topological polar surface area (TPSA) is 75.0 Å². The lowest BCUT2D eigenvalue weighted by atomic mass is 9.83. The van der Waals surface area contributed by atoms with Crippen molar-refractivity contribution in [1.82, 2.24) is 20.2 Å². The maximum atomic E-state index is 14.9. The molecule has 7 heteroatoms. The number of phenolic OH excluding ortho intramolecular Hbond substituents is 1.